The first-order chi connectivity index (χ1) is 16.6. The van der Waals surface area contributed by atoms with E-state index < -0.39 is 5.69 Å². The number of benzene rings is 1. The van der Waals surface area contributed by atoms with Crippen molar-refractivity contribution in [3.63, 3.8) is 0 Å². The van der Waals surface area contributed by atoms with Crippen LogP contribution in [0.15, 0.2) is 70.7 Å². The first-order valence-corrected chi connectivity index (χ1v) is 11.1. The van der Waals surface area contributed by atoms with Crippen molar-refractivity contribution >= 4 is 11.7 Å². The molecule has 4 aromatic heterocycles. The van der Waals surface area contributed by atoms with Crippen LogP contribution in [0, 0.1) is 0 Å². The molecule has 4 heterocycles. The standard InChI is InChI=1S/C25H21N7O2/c33-24-21(30-25(34)31-24)12-17-14-27-32-22(28-18-8-9-18)13-19(29-23(17)32)11-15-4-6-16(7-5-15)20-3-1-2-10-26-20/h1-7,10,12-14,18,33H,8-9,11H2,(H2,30,31,34). The molecule has 0 spiro atoms. The lowest BCUT2D eigenvalue weighted by molar-refractivity contribution is 0.454. The molecule has 1 aromatic carbocycles. The Kier molecular flexibility index (Phi) is 4.80. The normalized spacial score (nSPS) is 14.8. The molecule has 1 aliphatic rings. The maximum absolute atomic E-state index is 11.5. The number of hydrogen-bond acceptors (Lipinski definition) is 6. The van der Waals surface area contributed by atoms with Gasteiger partial charge in [-0.1, -0.05) is 30.3 Å². The molecule has 168 valence electrons. The van der Waals surface area contributed by atoms with Gasteiger partial charge in [0.2, 0.25) is 5.88 Å². The van der Waals surface area contributed by atoms with Gasteiger partial charge in [0.05, 0.1) is 23.6 Å². The molecular weight excluding hydrogens is 430 g/mol. The summed E-state index contributed by atoms with van der Waals surface area (Å²) in [6, 6.07) is 16.5. The van der Waals surface area contributed by atoms with E-state index in [-0.39, 0.29) is 11.6 Å². The van der Waals surface area contributed by atoms with Crippen LogP contribution < -0.4 is 16.4 Å². The van der Waals surface area contributed by atoms with Crippen LogP contribution in [0.4, 0.5) is 0 Å². The van der Waals surface area contributed by atoms with Crippen molar-refractivity contribution in [3.05, 3.63) is 99.1 Å². The van der Waals surface area contributed by atoms with Crippen LogP contribution in [-0.2, 0) is 6.42 Å². The van der Waals surface area contributed by atoms with Crippen molar-refractivity contribution in [3.8, 4) is 17.1 Å². The minimum Gasteiger partial charge on any atom is -0.493 e. The smallest absolute Gasteiger partial charge is 0.326 e. The number of H-pyrrole nitrogens is 2. The number of nitrogens with one attached hydrogen (secondary N) is 2. The van der Waals surface area contributed by atoms with Crippen molar-refractivity contribution in [2.45, 2.75) is 25.3 Å². The van der Waals surface area contributed by atoms with E-state index in [0.717, 1.165) is 40.8 Å². The SMILES string of the molecule is O=c1[nH]c(O)c(C=c2cnn3c(=NC4CC4)cc(Cc4ccc(-c5ccccn5)cc4)nc23)[nH]1. The van der Waals surface area contributed by atoms with E-state index in [1.165, 1.54) is 0 Å². The summed E-state index contributed by atoms with van der Waals surface area (Å²) in [6.07, 6.45) is 7.87. The van der Waals surface area contributed by atoms with Crippen LogP contribution in [0.5, 0.6) is 5.88 Å². The van der Waals surface area contributed by atoms with E-state index in [1.54, 1.807) is 23.0 Å². The fourth-order valence-electron chi connectivity index (χ4n) is 3.87. The molecule has 0 atom stereocenters. The number of fused-ring (bicyclic) bond motifs is 1. The fraction of sp³-hybridized carbons (Fsp3) is 0.160. The van der Waals surface area contributed by atoms with E-state index >= 15 is 0 Å². The molecular formula is C25H21N7O2. The van der Waals surface area contributed by atoms with E-state index in [2.05, 4.69) is 44.3 Å². The van der Waals surface area contributed by atoms with Crippen molar-refractivity contribution in [2.75, 3.05) is 0 Å². The van der Waals surface area contributed by atoms with Crippen molar-refractivity contribution in [1.82, 2.24) is 29.5 Å². The number of aromatic hydroxyl groups is 1. The van der Waals surface area contributed by atoms with E-state index in [1.807, 2.05) is 24.3 Å². The molecule has 0 bridgehead atoms. The Bertz CT molecular complexity index is 1660. The van der Waals surface area contributed by atoms with Crippen LogP contribution in [0.25, 0.3) is 23.0 Å². The van der Waals surface area contributed by atoms with Gasteiger partial charge in [0.25, 0.3) is 0 Å². The maximum Gasteiger partial charge on any atom is 0.326 e. The zero-order chi connectivity index (χ0) is 23.1. The molecule has 0 amide bonds. The molecule has 0 saturated heterocycles. The highest BCUT2D eigenvalue weighted by Gasteiger charge is 2.20. The summed E-state index contributed by atoms with van der Waals surface area (Å²) in [6.45, 7) is 0. The van der Waals surface area contributed by atoms with Crippen molar-refractivity contribution in [2.24, 2.45) is 4.99 Å². The number of aromatic nitrogens is 6. The second kappa shape index (κ2) is 8.11. The van der Waals surface area contributed by atoms with E-state index in [4.69, 9.17) is 9.98 Å². The van der Waals surface area contributed by atoms with Gasteiger partial charge in [-0.05, 0) is 36.6 Å². The molecule has 3 N–H and O–H groups in total. The molecule has 1 saturated carbocycles. The largest absolute Gasteiger partial charge is 0.493 e. The third kappa shape index (κ3) is 3.99. The van der Waals surface area contributed by atoms with Gasteiger partial charge in [-0.2, -0.15) is 9.61 Å². The number of imidazole rings is 1. The zero-order valence-electron chi connectivity index (χ0n) is 18.1. The molecule has 9 heteroatoms. The third-order valence-corrected chi connectivity index (χ3v) is 5.73. The lowest BCUT2D eigenvalue weighted by Gasteiger charge is -2.05. The lowest BCUT2D eigenvalue weighted by atomic mass is 10.1. The molecule has 9 nitrogen and oxygen atoms in total. The average Bonchev–Trinajstić information content (AvgIpc) is 3.48. The Labute approximate surface area is 193 Å². The van der Waals surface area contributed by atoms with Gasteiger partial charge < -0.3 is 10.1 Å². The van der Waals surface area contributed by atoms with Crippen LogP contribution in [0.2, 0.25) is 0 Å². The number of aromatic amines is 2. The van der Waals surface area contributed by atoms with Crippen molar-refractivity contribution < 1.29 is 5.11 Å². The predicted octanol–water partition coefficient (Wildman–Crippen LogP) is 1.71. The Morgan fingerprint density at radius 3 is 2.71 bits per heavy atom. The summed E-state index contributed by atoms with van der Waals surface area (Å²) >= 11 is 0. The molecule has 0 unspecified atom stereocenters. The first-order valence-electron chi connectivity index (χ1n) is 11.1. The molecule has 0 radical (unpaired) electrons. The quantitative estimate of drug-likeness (QED) is 0.375. The second-order valence-corrected chi connectivity index (χ2v) is 8.38. The highest BCUT2D eigenvalue weighted by Crippen LogP contribution is 2.22. The second-order valence-electron chi connectivity index (χ2n) is 8.38. The van der Waals surface area contributed by atoms with Gasteiger partial charge in [0.1, 0.15) is 5.69 Å². The molecule has 5 aromatic rings. The summed E-state index contributed by atoms with van der Waals surface area (Å²) in [5.41, 5.74) is 5.13. The van der Waals surface area contributed by atoms with Gasteiger partial charge >= 0.3 is 5.69 Å². The monoisotopic (exact) mass is 451 g/mol. The van der Waals surface area contributed by atoms with Crippen molar-refractivity contribution in [1.29, 1.82) is 0 Å². The van der Waals surface area contributed by atoms with Crippen LogP contribution in [-0.4, -0.2) is 40.7 Å². The number of pyridine rings is 1. The van der Waals surface area contributed by atoms with Gasteiger partial charge in [-0.15, -0.1) is 0 Å². The Morgan fingerprint density at radius 2 is 2.00 bits per heavy atom. The fourth-order valence-corrected chi connectivity index (χ4v) is 3.87. The minimum atomic E-state index is -0.479. The highest BCUT2D eigenvalue weighted by atomic mass is 16.3. The molecule has 1 aliphatic carbocycles. The molecule has 6 rings (SSSR count). The molecule has 34 heavy (non-hydrogen) atoms. The Balaban J connectivity index is 1.41. The number of rotatable bonds is 5. The Hall–Kier alpha value is -4.53. The lowest BCUT2D eigenvalue weighted by Crippen LogP contribution is -2.20. The number of nitrogens with zero attached hydrogens (tertiary/aromatic N) is 5. The van der Waals surface area contributed by atoms with E-state index in [0.29, 0.717) is 23.3 Å². The zero-order valence-corrected chi connectivity index (χ0v) is 18.1. The molecule has 1 fully saturated rings. The summed E-state index contributed by atoms with van der Waals surface area (Å²) in [7, 11) is 0. The van der Waals surface area contributed by atoms with Gasteiger partial charge in [-0.3, -0.25) is 15.0 Å². The Morgan fingerprint density at radius 1 is 1.15 bits per heavy atom. The van der Waals surface area contributed by atoms with Crippen LogP contribution in [0.3, 0.4) is 0 Å². The molecule has 0 aliphatic heterocycles. The summed E-state index contributed by atoms with van der Waals surface area (Å²) in [4.78, 5) is 30.5. The van der Waals surface area contributed by atoms with Gasteiger partial charge in [0, 0.05) is 29.5 Å². The highest BCUT2D eigenvalue weighted by molar-refractivity contribution is 5.59. The summed E-state index contributed by atoms with van der Waals surface area (Å²) < 4.78 is 1.71. The van der Waals surface area contributed by atoms with E-state index in [9.17, 15) is 9.90 Å². The third-order valence-electron chi connectivity index (χ3n) is 5.73. The maximum atomic E-state index is 11.5. The van der Waals surface area contributed by atoms with Crippen LogP contribution in [0.1, 0.15) is 29.8 Å². The summed E-state index contributed by atoms with van der Waals surface area (Å²) in [5.74, 6) is -0.226. The average molecular weight is 451 g/mol. The minimum absolute atomic E-state index is 0.226. The summed E-state index contributed by atoms with van der Waals surface area (Å²) in [5, 5.41) is 15.1. The predicted molar refractivity (Wildman–Crippen MR) is 126 cm³/mol. The first kappa shape index (κ1) is 20.1. The van der Waals surface area contributed by atoms with Crippen LogP contribution >= 0.6 is 0 Å². The van der Waals surface area contributed by atoms with Gasteiger partial charge in [-0.25, -0.2) is 9.78 Å². The topological polar surface area (TPSA) is 124 Å². The van der Waals surface area contributed by atoms with Gasteiger partial charge in [0.15, 0.2) is 11.1 Å². The number of hydrogen-bond donors (Lipinski definition) is 3.